The number of aromatic nitrogens is 2. The van der Waals surface area contributed by atoms with Gasteiger partial charge >= 0.3 is 6.03 Å². The Morgan fingerprint density at radius 3 is 2.59 bits per heavy atom. The van der Waals surface area contributed by atoms with Crippen LogP contribution in [0.4, 0.5) is 10.5 Å². The molecule has 2 aromatic carbocycles. The average molecular weight is 398 g/mol. The van der Waals surface area contributed by atoms with Crippen LogP contribution in [0.25, 0.3) is 11.4 Å². The molecule has 0 unspecified atom stereocenters. The number of ether oxygens (including phenoxy) is 4. The Hall–Kier alpha value is -3.95. The minimum Gasteiger partial charge on any atom is -0.497 e. The molecule has 0 bridgehead atoms. The molecule has 10 heteroatoms. The van der Waals surface area contributed by atoms with Gasteiger partial charge in [-0.05, 0) is 18.2 Å². The Morgan fingerprint density at radius 1 is 1.07 bits per heavy atom. The fourth-order valence-electron chi connectivity index (χ4n) is 2.69. The summed E-state index contributed by atoms with van der Waals surface area (Å²) in [6.07, 6.45) is 0. The molecule has 0 fully saturated rings. The molecule has 2 heterocycles. The SMILES string of the molecule is COc1cc(NC(=O)NCc2nc(-c3ccc4c(c3)OCO4)no2)cc(OC)c1. The monoisotopic (exact) mass is 398 g/mol. The number of rotatable bonds is 6. The predicted molar refractivity (Wildman–Crippen MR) is 101 cm³/mol. The molecule has 150 valence electrons. The number of nitrogens with one attached hydrogen (secondary N) is 2. The van der Waals surface area contributed by atoms with E-state index in [4.69, 9.17) is 23.5 Å². The lowest BCUT2D eigenvalue weighted by Crippen LogP contribution is -2.28. The molecule has 1 aliphatic heterocycles. The van der Waals surface area contributed by atoms with Gasteiger partial charge in [-0.25, -0.2) is 4.79 Å². The minimum absolute atomic E-state index is 0.0600. The van der Waals surface area contributed by atoms with E-state index in [1.807, 2.05) is 0 Å². The van der Waals surface area contributed by atoms with Crippen LogP contribution in [-0.2, 0) is 6.54 Å². The first-order valence-corrected chi connectivity index (χ1v) is 8.65. The third kappa shape index (κ3) is 4.15. The van der Waals surface area contributed by atoms with Gasteiger partial charge in [-0.3, -0.25) is 0 Å². The summed E-state index contributed by atoms with van der Waals surface area (Å²) in [5.74, 6) is 3.06. The van der Waals surface area contributed by atoms with Gasteiger partial charge in [-0.1, -0.05) is 5.16 Å². The van der Waals surface area contributed by atoms with Crippen molar-refractivity contribution < 1.29 is 28.3 Å². The van der Waals surface area contributed by atoms with E-state index in [0.717, 1.165) is 5.56 Å². The molecule has 0 saturated carbocycles. The second-order valence-electron chi connectivity index (χ2n) is 5.99. The van der Waals surface area contributed by atoms with Crippen molar-refractivity contribution in [2.45, 2.75) is 6.54 Å². The average Bonchev–Trinajstić information content (AvgIpc) is 3.40. The molecule has 1 aromatic heterocycles. The Bertz CT molecular complexity index is 1010. The van der Waals surface area contributed by atoms with Gasteiger partial charge in [0.05, 0.1) is 20.8 Å². The van der Waals surface area contributed by atoms with Gasteiger partial charge in [-0.2, -0.15) is 4.98 Å². The number of carbonyl (C=O) groups excluding carboxylic acids is 1. The first-order valence-electron chi connectivity index (χ1n) is 8.65. The van der Waals surface area contributed by atoms with Crippen LogP contribution in [0.1, 0.15) is 5.89 Å². The normalized spacial score (nSPS) is 11.8. The van der Waals surface area contributed by atoms with E-state index < -0.39 is 6.03 Å². The van der Waals surface area contributed by atoms with Gasteiger partial charge < -0.3 is 34.1 Å². The van der Waals surface area contributed by atoms with E-state index in [9.17, 15) is 4.79 Å². The zero-order chi connectivity index (χ0) is 20.2. The van der Waals surface area contributed by atoms with Crippen molar-refractivity contribution in [1.29, 1.82) is 0 Å². The molecule has 0 aliphatic carbocycles. The van der Waals surface area contributed by atoms with E-state index in [1.54, 1.807) is 36.4 Å². The number of fused-ring (bicyclic) bond motifs is 1. The molecule has 2 N–H and O–H groups in total. The number of anilines is 1. The third-order valence-electron chi connectivity index (χ3n) is 4.11. The molecule has 0 radical (unpaired) electrons. The highest BCUT2D eigenvalue weighted by Gasteiger charge is 2.17. The number of benzene rings is 2. The number of hydrogen-bond acceptors (Lipinski definition) is 8. The summed E-state index contributed by atoms with van der Waals surface area (Å²) >= 11 is 0. The van der Waals surface area contributed by atoms with Crippen LogP contribution < -0.4 is 29.6 Å². The molecule has 2 amide bonds. The number of methoxy groups -OCH3 is 2. The Kier molecular flexibility index (Phi) is 5.06. The van der Waals surface area contributed by atoms with Crippen LogP contribution >= 0.6 is 0 Å². The first-order chi connectivity index (χ1) is 14.1. The van der Waals surface area contributed by atoms with Crippen LogP contribution in [0, 0.1) is 0 Å². The maximum absolute atomic E-state index is 12.2. The summed E-state index contributed by atoms with van der Waals surface area (Å²) in [5, 5.41) is 9.29. The molecular weight excluding hydrogens is 380 g/mol. The second-order valence-corrected chi connectivity index (χ2v) is 5.99. The van der Waals surface area contributed by atoms with Crippen LogP contribution in [0.5, 0.6) is 23.0 Å². The highest BCUT2D eigenvalue weighted by atomic mass is 16.7. The lowest BCUT2D eigenvalue weighted by Gasteiger charge is -2.10. The lowest BCUT2D eigenvalue weighted by atomic mass is 10.2. The Labute approximate surface area is 165 Å². The molecule has 0 saturated heterocycles. The fourth-order valence-corrected chi connectivity index (χ4v) is 2.69. The van der Waals surface area contributed by atoms with Crippen molar-refractivity contribution in [3.05, 3.63) is 42.3 Å². The quantitative estimate of drug-likeness (QED) is 0.651. The number of carbonyl (C=O) groups is 1. The van der Waals surface area contributed by atoms with Crippen LogP contribution in [0.15, 0.2) is 40.9 Å². The van der Waals surface area contributed by atoms with E-state index in [0.29, 0.717) is 34.5 Å². The van der Waals surface area contributed by atoms with Crippen molar-refractivity contribution in [2.24, 2.45) is 0 Å². The van der Waals surface area contributed by atoms with E-state index in [1.165, 1.54) is 14.2 Å². The molecule has 4 rings (SSSR count). The van der Waals surface area contributed by atoms with E-state index >= 15 is 0 Å². The summed E-state index contributed by atoms with van der Waals surface area (Å²) < 4.78 is 26.2. The van der Waals surface area contributed by atoms with Gasteiger partial charge in [0.2, 0.25) is 18.5 Å². The van der Waals surface area contributed by atoms with Gasteiger partial charge in [0, 0.05) is 29.4 Å². The smallest absolute Gasteiger partial charge is 0.319 e. The van der Waals surface area contributed by atoms with Gasteiger partial charge in [-0.15, -0.1) is 0 Å². The minimum atomic E-state index is -0.442. The second kappa shape index (κ2) is 7.97. The standard InChI is InChI=1S/C19H18N4O6/c1-25-13-6-12(7-14(8-13)26-2)21-19(24)20-9-17-22-18(23-29-17)11-3-4-15-16(5-11)28-10-27-15/h3-8H,9-10H2,1-2H3,(H2,20,21,24). The van der Waals surface area contributed by atoms with Crippen molar-refractivity contribution in [2.75, 3.05) is 26.3 Å². The van der Waals surface area contributed by atoms with Crippen molar-refractivity contribution in [3.63, 3.8) is 0 Å². The van der Waals surface area contributed by atoms with Gasteiger partial charge in [0.15, 0.2) is 11.5 Å². The van der Waals surface area contributed by atoms with E-state index in [-0.39, 0.29) is 19.2 Å². The maximum atomic E-state index is 12.2. The Balaban J connectivity index is 1.37. The summed E-state index contributed by atoms with van der Waals surface area (Å²) in [7, 11) is 3.07. The molecule has 3 aromatic rings. The largest absolute Gasteiger partial charge is 0.497 e. The van der Waals surface area contributed by atoms with E-state index in [2.05, 4.69) is 20.8 Å². The summed E-state index contributed by atoms with van der Waals surface area (Å²) in [6.45, 7) is 0.249. The van der Waals surface area contributed by atoms with Gasteiger partial charge in [0.25, 0.3) is 0 Å². The summed E-state index contributed by atoms with van der Waals surface area (Å²) in [5.41, 5.74) is 1.24. The van der Waals surface area contributed by atoms with Crippen LogP contribution in [0.2, 0.25) is 0 Å². The number of nitrogens with zero attached hydrogens (tertiary/aromatic N) is 2. The van der Waals surface area contributed by atoms with Crippen LogP contribution in [0.3, 0.4) is 0 Å². The fraction of sp³-hybridized carbons (Fsp3) is 0.211. The maximum Gasteiger partial charge on any atom is 0.319 e. The van der Waals surface area contributed by atoms with Crippen LogP contribution in [-0.4, -0.2) is 37.2 Å². The molecular formula is C19H18N4O6. The molecule has 29 heavy (non-hydrogen) atoms. The third-order valence-corrected chi connectivity index (χ3v) is 4.11. The lowest BCUT2D eigenvalue weighted by molar-refractivity contribution is 0.174. The zero-order valence-electron chi connectivity index (χ0n) is 15.7. The zero-order valence-corrected chi connectivity index (χ0v) is 15.7. The van der Waals surface area contributed by atoms with Crippen molar-refractivity contribution in [1.82, 2.24) is 15.5 Å². The van der Waals surface area contributed by atoms with Gasteiger partial charge in [0.1, 0.15) is 11.5 Å². The predicted octanol–water partition coefficient (Wildman–Crippen LogP) is 2.80. The Morgan fingerprint density at radius 2 is 1.83 bits per heavy atom. The molecule has 1 aliphatic rings. The first kappa shape index (κ1) is 18.4. The van der Waals surface area contributed by atoms with Crippen molar-refractivity contribution >= 4 is 11.7 Å². The molecule has 10 nitrogen and oxygen atoms in total. The number of hydrogen-bond donors (Lipinski definition) is 2. The topological polar surface area (TPSA) is 117 Å². The number of urea groups is 1. The molecule has 0 atom stereocenters. The highest BCUT2D eigenvalue weighted by molar-refractivity contribution is 5.89. The number of amides is 2. The molecule has 0 spiro atoms. The summed E-state index contributed by atoms with van der Waals surface area (Å²) in [4.78, 5) is 16.4. The van der Waals surface area contributed by atoms with Crippen molar-refractivity contribution in [3.8, 4) is 34.4 Å². The summed E-state index contributed by atoms with van der Waals surface area (Å²) in [6, 6.07) is 9.97. The highest BCUT2D eigenvalue weighted by Crippen LogP contribution is 2.35.